The Morgan fingerprint density at radius 2 is 2.08 bits per heavy atom. The van der Waals surface area contributed by atoms with Gasteiger partial charge in [-0.1, -0.05) is 12.1 Å². The Kier molecular flexibility index (Phi) is 3.68. The molecule has 1 aliphatic rings. The van der Waals surface area contributed by atoms with Crippen molar-refractivity contribution in [3.8, 4) is 5.75 Å². The zero-order valence-corrected chi connectivity index (χ0v) is 13.2. The molecular weight excluding hydrogens is 325 g/mol. The number of hydrogen-bond acceptors (Lipinski definition) is 4. The lowest BCUT2D eigenvalue weighted by atomic mass is 10.2. The first-order chi connectivity index (χ1) is 12.1. The van der Waals surface area contributed by atoms with Gasteiger partial charge in [0, 0.05) is 6.07 Å². The van der Waals surface area contributed by atoms with Crippen LogP contribution in [0.1, 0.15) is 0 Å². The number of halogens is 1. The normalized spacial score (nSPS) is 13.4. The van der Waals surface area contributed by atoms with E-state index in [1.807, 2.05) is 0 Å². The van der Waals surface area contributed by atoms with E-state index in [1.54, 1.807) is 24.3 Å². The Bertz CT molecular complexity index is 1030. The highest BCUT2D eigenvalue weighted by molar-refractivity contribution is 5.95. The molecule has 7 heteroatoms. The summed E-state index contributed by atoms with van der Waals surface area (Å²) < 4.78 is 20.0. The fourth-order valence-electron chi connectivity index (χ4n) is 2.90. The number of nitrogens with zero attached hydrogens (tertiary/aromatic N) is 3. The molecule has 0 unspecified atom stereocenters. The average Bonchev–Trinajstić information content (AvgIpc) is 2.63. The molecule has 1 aliphatic heterocycles. The van der Waals surface area contributed by atoms with E-state index in [2.05, 4.69) is 4.98 Å². The van der Waals surface area contributed by atoms with Crippen LogP contribution in [-0.2, 0) is 11.3 Å². The van der Waals surface area contributed by atoms with Gasteiger partial charge in [-0.05, 0) is 24.3 Å². The fourth-order valence-corrected chi connectivity index (χ4v) is 2.90. The van der Waals surface area contributed by atoms with Gasteiger partial charge in [-0.15, -0.1) is 0 Å². The number of ether oxygens (including phenoxy) is 1. The number of hydrogen-bond donors (Lipinski definition) is 0. The molecule has 0 radical (unpaired) electrons. The second-order valence-corrected chi connectivity index (χ2v) is 5.70. The van der Waals surface area contributed by atoms with Crippen molar-refractivity contribution in [3.63, 3.8) is 0 Å². The van der Waals surface area contributed by atoms with Gasteiger partial charge in [-0.2, -0.15) is 0 Å². The molecule has 0 spiro atoms. The van der Waals surface area contributed by atoms with E-state index >= 15 is 0 Å². The maximum atomic E-state index is 13.3. The topological polar surface area (TPSA) is 64.4 Å². The van der Waals surface area contributed by atoms with E-state index in [9.17, 15) is 14.0 Å². The summed E-state index contributed by atoms with van der Waals surface area (Å²) in [5.41, 5.74) is 0.814. The smallest absolute Gasteiger partial charge is 0.261 e. The van der Waals surface area contributed by atoms with E-state index < -0.39 is 5.82 Å². The molecule has 6 nitrogen and oxygen atoms in total. The van der Waals surface area contributed by atoms with E-state index in [0.717, 1.165) is 0 Å². The molecule has 126 valence electrons. The Labute approximate surface area is 142 Å². The molecule has 2 aromatic carbocycles. The van der Waals surface area contributed by atoms with E-state index in [-0.39, 0.29) is 24.6 Å². The first-order valence-electron chi connectivity index (χ1n) is 7.80. The average molecular weight is 339 g/mol. The molecule has 1 aromatic heterocycles. The third-order valence-electron chi connectivity index (χ3n) is 4.12. The number of aromatic nitrogens is 2. The minimum Gasteiger partial charge on any atom is -0.489 e. The number of fused-ring (bicyclic) bond motifs is 2. The molecule has 0 N–H and O–H groups in total. The van der Waals surface area contributed by atoms with Gasteiger partial charge in [-0.25, -0.2) is 9.37 Å². The Balaban J connectivity index is 1.66. The Morgan fingerprint density at radius 3 is 2.96 bits per heavy atom. The third-order valence-corrected chi connectivity index (χ3v) is 4.12. The summed E-state index contributed by atoms with van der Waals surface area (Å²) in [4.78, 5) is 30.9. The standard InChI is InChI=1S/C18H14FN3O3/c19-12-5-6-15-16(9-12)25-8-7-22(15)17(23)10-21-11-20-14-4-2-1-3-13(14)18(21)24/h1-6,9,11H,7-8,10H2. The van der Waals surface area contributed by atoms with Crippen molar-refractivity contribution in [1.82, 2.24) is 9.55 Å². The van der Waals surface area contributed by atoms with Crippen LogP contribution >= 0.6 is 0 Å². The summed E-state index contributed by atoms with van der Waals surface area (Å²) in [6.45, 7) is 0.466. The number of para-hydroxylation sites is 1. The molecular formula is C18H14FN3O3. The summed E-state index contributed by atoms with van der Waals surface area (Å²) in [6.07, 6.45) is 1.37. The highest BCUT2D eigenvalue weighted by atomic mass is 19.1. The van der Waals surface area contributed by atoms with Crippen LogP contribution in [0.2, 0.25) is 0 Å². The Hall–Kier alpha value is -3.22. The van der Waals surface area contributed by atoms with Crippen molar-refractivity contribution >= 4 is 22.5 Å². The zero-order valence-electron chi connectivity index (χ0n) is 13.2. The molecule has 1 amide bonds. The number of carbonyl (C=O) groups excluding carboxylic acids is 1. The molecule has 0 bridgehead atoms. The van der Waals surface area contributed by atoms with Crippen molar-refractivity contribution in [2.24, 2.45) is 0 Å². The first kappa shape index (κ1) is 15.3. The predicted molar refractivity (Wildman–Crippen MR) is 90.3 cm³/mol. The summed E-state index contributed by atoms with van der Waals surface area (Å²) in [6, 6.07) is 11.0. The van der Waals surface area contributed by atoms with E-state index in [4.69, 9.17) is 4.74 Å². The second-order valence-electron chi connectivity index (χ2n) is 5.70. The van der Waals surface area contributed by atoms with Gasteiger partial charge in [-0.3, -0.25) is 14.2 Å². The van der Waals surface area contributed by atoms with Gasteiger partial charge in [0.05, 0.1) is 29.5 Å². The van der Waals surface area contributed by atoms with Gasteiger partial charge < -0.3 is 9.64 Å². The highest BCUT2D eigenvalue weighted by Crippen LogP contribution is 2.32. The van der Waals surface area contributed by atoms with Gasteiger partial charge in [0.15, 0.2) is 0 Å². The number of anilines is 1. The number of amides is 1. The van der Waals surface area contributed by atoms with Gasteiger partial charge in [0.25, 0.3) is 5.56 Å². The highest BCUT2D eigenvalue weighted by Gasteiger charge is 2.24. The van der Waals surface area contributed by atoms with Crippen LogP contribution < -0.4 is 15.2 Å². The van der Waals surface area contributed by atoms with Crippen LogP contribution in [0.25, 0.3) is 10.9 Å². The maximum absolute atomic E-state index is 13.3. The molecule has 3 aromatic rings. The lowest BCUT2D eigenvalue weighted by molar-refractivity contribution is -0.119. The van der Waals surface area contributed by atoms with Crippen molar-refractivity contribution in [2.75, 3.05) is 18.1 Å². The molecule has 2 heterocycles. The maximum Gasteiger partial charge on any atom is 0.261 e. The fraction of sp³-hybridized carbons (Fsp3) is 0.167. The summed E-state index contributed by atoms with van der Waals surface area (Å²) >= 11 is 0. The van der Waals surface area contributed by atoms with Crippen molar-refractivity contribution in [1.29, 1.82) is 0 Å². The minimum absolute atomic E-state index is 0.145. The Morgan fingerprint density at radius 1 is 1.24 bits per heavy atom. The summed E-state index contributed by atoms with van der Waals surface area (Å²) in [5, 5.41) is 0.460. The largest absolute Gasteiger partial charge is 0.489 e. The van der Waals surface area contributed by atoms with Crippen molar-refractivity contribution in [2.45, 2.75) is 6.54 Å². The lowest BCUT2D eigenvalue weighted by Gasteiger charge is -2.29. The molecule has 0 saturated heterocycles. The van der Waals surface area contributed by atoms with Crippen LogP contribution in [0, 0.1) is 5.82 Å². The minimum atomic E-state index is -0.428. The van der Waals surface area contributed by atoms with Gasteiger partial charge in [0.1, 0.15) is 24.7 Å². The molecule has 0 saturated carbocycles. The zero-order chi connectivity index (χ0) is 17.4. The monoisotopic (exact) mass is 339 g/mol. The van der Waals surface area contributed by atoms with Crippen LogP contribution in [-0.4, -0.2) is 28.6 Å². The van der Waals surface area contributed by atoms with Gasteiger partial charge >= 0.3 is 0 Å². The third kappa shape index (κ3) is 2.73. The quantitative estimate of drug-likeness (QED) is 0.716. The predicted octanol–water partition coefficient (Wildman–Crippen LogP) is 1.96. The molecule has 0 aliphatic carbocycles. The molecule has 25 heavy (non-hydrogen) atoms. The van der Waals surface area contributed by atoms with Crippen molar-refractivity contribution < 1.29 is 13.9 Å². The summed E-state index contributed by atoms with van der Waals surface area (Å²) in [5.74, 6) is -0.387. The number of carbonyl (C=O) groups is 1. The lowest BCUT2D eigenvalue weighted by Crippen LogP contribution is -2.41. The van der Waals surface area contributed by atoms with Gasteiger partial charge in [0.2, 0.25) is 5.91 Å². The molecule has 4 rings (SSSR count). The van der Waals surface area contributed by atoms with Crippen LogP contribution in [0.5, 0.6) is 5.75 Å². The van der Waals surface area contributed by atoms with Crippen molar-refractivity contribution in [3.05, 3.63) is 65.0 Å². The number of benzene rings is 2. The first-order valence-corrected chi connectivity index (χ1v) is 7.80. The second kappa shape index (κ2) is 6.01. The molecule has 0 fully saturated rings. The summed E-state index contributed by atoms with van der Waals surface area (Å²) in [7, 11) is 0. The molecule has 0 atom stereocenters. The van der Waals surface area contributed by atoms with Crippen LogP contribution in [0.4, 0.5) is 10.1 Å². The van der Waals surface area contributed by atoms with Crippen LogP contribution in [0.3, 0.4) is 0 Å². The van der Waals surface area contributed by atoms with E-state index in [1.165, 1.54) is 34.0 Å². The number of rotatable bonds is 2. The van der Waals surface area contributed by atoms with E-state index in [0.29, 0.717) is 28.9 Å². The van der Waals surface area contributed by atoms with Crippen LogP contribution in [0.15, 0.2) is 53.6 Å². The SMILES string of the molecule is O=C(Cn1cnc2ccccc2c1=O)N1CCOc2cc(F)ccc21.